The van der Waals surface area contributed by atoms with E-state index in [0.29, 0.717) is 12.1 Å². The van der Waals surface area contributed by atoms with Crippen LogP contribution in [0, 0.1) is 0 Å². The maximum Gasteiger partial charge on any atom is 0.248 e. The highest BCUT2D eigenvalue weighted by atomic mass is 35.5. The zero-order valence-electron chi connectivity index (χ0n) is 12.0. The van der Waals surface area contributed by atoms with Crippen LogP contribution in [0.2, 0.25) is 5.02 Å². The van der Waals surface area contributed by atoms with E-state index in [2.05, 4.69) is 12.2 Å². The van der Waals surface area contributed by atoms with Crippen molar-refractivity contribution in [3.8, 4) is 0 Å². The van der Waals surface area contributed by atoms with Crippen molar-refractivity contribution in [2.24, 2.45) is 5.73 Å². The molecule has 0 aliphatic heterocycles. The zero-order valence-corrected chi connectivity index (χ0v) is 12.7. The fourth-order valence-electron chi connectivity index (χ4n) is 2.27. The Morgan fingerprint density at radius 2 is 1.95 bits per heavy atom. The highest BCUT2D eigenvalue weighted by molar-refractivity contribution is 6.30. The third-order valence-electron chi connectivity index (χ3n) is 3.44. The standard InChI is InChI=1S/C17H19ClN2O/c1-2-16(13-6-8-15(18)9-7-13)20-11-12-4-3-5-14(10-12)17(19)21/h3-10,16,20H,2,11H2,1H3,(H2,19,21). The molecule has 3 nitrogen and oxygen atoms in total. The number of carbonyl (C=O) groups is 1. The number of rotatable bonds is 6. The van der Waals surface area contributed by atoms with Crippen LogP contribution in [-0.4, -0.2) is 5.91 Å². The Bertz CT molecular complexity index is 610. The first kappa shape index (κ1) is 15.5. The van der Waals surface area contributed by atoms with Gasteiger partial charge < -0.3 is 11.1 Å². The average molecular weight is 303 g/mol. The molecule has 21 heavy (non-hydrogen) atoms. The summed E-state index contributed by atoms with van der Waals surface area (Å²) >= 11 is 5.92. The first-order chi connectivity index (χ1) is 10.1. The minimum Gasteiger partial charge on any atom is -0.366 e. The summed E-state index contributed by atoms with van der Waals surface area (Å²) in [5, 5.41) is 4.23. The van der Waals surface area contributed by atoms with Crippen LogP contribution < -0.4 is 11.1 Å². The van der Waals surface area contributed by atoms with Crippen LogP contribution in [-0.2, 0) is 6.54 Å². The number of benzene rings is 2. The Labute approximate surface area is 130 Å². The van der Waals surface area contributed by atoms with E-state index in [1.54, 1.807) is 6.07 Å². The van der Waals surface area contributed by atoms with E-state index in [9.17, 15) is 4.79 Å². The van der Waals surface area contributed by atoms with Crippen LogP contribution in [0.15, 0.2) is 48.5 Å². The van der Waals surface area contributed by atoms with Gasteiger partial charge in [0.2, 0.25) is 5.91 Å². The van der Waals surface area contributed by atoms with Gasteiger partial charge in [0.1, 0.15) is 0 Å². The van der Waals surface area contributed by atoms with Crippen molar-refractivity contribution in [3.63, 3.8) is 0 Å². The normalized spacial score (nSPS) is 12.1. The monoisotopic (exact) mass is 302 g/mol. The Morgan fingerprint density at radius 1 is 1.24 bits per heavy atom. The molecular formula is C17H19ClN2O. The maximum absolute atomic E-state index is 11.2. The number of amides is 1. The third kappa shape index (κ3) is 4.31. The second kappa shape index (κ2) is 7.25. The Balaban J connectivity index is 2.04. The molecule has 0 aromatic heterocycles. The number of carbonyl (C=O) groups excluding carboxylic acids is 1. The molecule has 1 amide bonds. The SMILES string of the molecule is CCC(NCc1cccc(C(N)=O)c1)c1ccc(Cl)cc1. The summed E-state index contributed by atoms with van der Waals surface area (Å²) < 4.78 is 0. The Kier molecular flexibility index (Phi) is 5.37. The second-order valence-corrected chi connectivity index (χ2v) is 5.39. The molecule has 4 heteroatoms. The van der Waals surface area contributed by atoms with Crippen LogP contribution in [0.1, 0.15) is 40.9 Å². The van der Waals surface area contributed by atoms with Crippen LogP contribution >= 0.6 is 11.6 Å². The molecule has 0 spiro atoms. The second-order valence-electron chi connectivity index (χ2n) is 4.96. The lowest BCUT2D eigenvalue weighted by Crippen LogP contribution is -2.20. The summed E-state index contributed by atoms with van der Waals surface area (Å²) in [4.78, 5) is 11.2. The lowest BCUT2D eigenvalue weighted by molar-refractivity contribution is 0.1000. The number of hydrogen-bond acceptors (Lipinski definition) is 2. The molecule has 2 aromatic rings. The molecule has 2 rings (SSSR count). The lowest BCUT2D eigenvalue weighted by atomic mass is 10.0. The van der Waals surface area contributed by atoms with Crippen molar-refractivity contribution in [1.29, 1.82) is 0 Å². The van der Waals surface area contributed by atoms with Crippen molar-refractivity contribution in [2.45, 2.75) is 25.9 Å². The van der Waals surface area contributed by atoms with E-state index in [4.69, 9.17) is 17.3 Å². The number of nitrogens with one attached hydrogen (secondary N) is 1. The van der Waals surface area contributed by atoms with E-state index >= 15 is 0 Å². The number of hydrogen-bond donors (Lipinski definition) is 2. The van der Waals surface area contributed by atoms with Gasteiger partial charge in [-0.2, -0.15) is 0 Å². The van der Waals surface area contributed by atoms with Gasteiger partial charge >= 0.3 is 0 Å². The van der Waals surface area contributed by atoms with E-state index in [1.807, 2.05) is 42.5 Å². The molecule has 0 radical (unpaired) electrons. The number of halogens is 1. The predicted molar refractivity (Wildman–Crippen MR) is 86.3 cm³/mol. The van der Waals surface area contributed by atoms with Gasteiger partial charge in [0, 0.05) is 23.2 Å². The zero-order chi connectivity index (χ0) is 15.2. The molecule has 1 atom stereocenters. The molecule has 0 heterocycles. The molecule has 110 valence electrons. The summed E-state index contributed by atoms with van der Waals surface area (Å²) in [6, 6.07) is 15.5. The first-order valence-corrected chi connectivity index (χ1v) is 7.35. The largest absolute Gasteiger partial charge is 0.366 e. The van der Waals surface area contributed by atoms with Gasteiger partial charge in [-0.15, -0.1) is 0 Å². The van der Waals surface area contributed by atoms with E-state index in [-0.39, 0.29) is 6.04 Å². The molecule has 0 fully saturated rings. The molecule has 0 bridgehead atoms. The quantitative estimate of drug-likeness (QED) is 0.855. The maximum atomic E-state index is 11.2. The van der Waals surface area contributed by atoms with Gasteiger partial charge in [0.25, 0.3) is 0 Å². The van der Waals surface area contributed by atoms with Gasteiger partial charge in [-0.1, -0.05) is 42.8 Å². The third-order valence-corrected chi connectivity index (χ3v) is 3.70. The fourth-order valence-corrected chi connectivity index (χ4v) is 2.39. The molecule has 1 unspecified atom stereocenters. The van der Waals surface area contributed by atoms with Crippen molar-refractivity contribution in [2.75, 3.05) is 0 Å². The van der Waals surface area contributed by atoms with Crippen LogP contribution in [0.3, 0.4) is 0 Å². The summed E-state index contributed by atoms with van der Waals surface area (Å²) in [7, 11) is 0. The Morgan fingerprint density at radius 3 is 2.57 bits per heavy atom. The molecule has 3 N–H and O–H groups in total. The van der Waals surface area contributed by atoms with Crippen molar-refractivity contribution < 1.29 is 4.79 Å². The minimum atomic E-state index is -0.401. The molecule has 0 aliphatic carbocycles. The summed E-state index contributed by atoms with van der Waals surface area (Å²) in [6.45, 7) is 2.81. The molecule has 0 saturated heterocycles. The summed E-state index contributed by atoms with van der Waals surface area (Å²) in [5.74, 6) is -0.401. The summed E-state index contributed by atoms with van der Waals surface area (Å²) in [6.07, 6.45) is 0.969. The van der Waals surface area contributed by atoms with Crippen molar-refractivity contribution in [1.82, 2.24) is 5.32 Å². The predicted octanol–water partition coefficient (Wildman–Crippen LogP) is 3.68. The van der Waals surface area contributed by atoms with E-state index in [1.165, 1.54) is 5.56 Å². The average Bonchev–Trinajstić information content (AvgIpc) is 2.50. The van der Waals surface area contributed by atoms with Crippen molar-refractivity contribution >= 4 is 17.5 Å². The summed E-state index contributed by atoms with van der Waals surface area (Å²) in [5.41, 5.74) is 8.08. The number of nitrogens with two attached hydrogens (primary N) is 1. The van der Waals surface area contributed by atoms with E-state index in [0.717, 1.165) is 17.0 Å². The topological polar surface area (TPSA) is 55.1 Å². The smallest absolute Gasteiger partial charge is 0.248 e. The Hall–Kier alpha value is -1.84. The van der Waals surface area contributed by atoms with Gasteiger partial charge in [-0.3, -0.25) is 4.79 Å². The van der Waals surface area contributed by atoms with Crippen LogP contribution in [0.25, 0.3) is 0 Å². The lowest BCUT2D eigenvalue weighted by Gasteiger charge is -2.18. The first-order valence-electron chi connectivity index (χ1n) is 6.97. The highest BCUT2D eigenvalue weighted by Crippen LogP contribution is 2.19. The van der Waals surface area contributed by atoms with Gasteiger partial charge in [0.15, 0.2) is 0 Å². The van der Waals surface area contributed by atoms with Crippen molar-refractivity contribution in [3.05, 3.63) is 70.2 Å². The molecule has 0 saturated carbocycles. The minimum absolute atomic E-state index is 0.250. The van der Waals surface area contributed by atoms with Gasteiger partial charge in [0.05, 0.1) is 0 Å². The highest BCUT2D eigenvalue weighted by Gasteiger charge is 2.09. The molecule has 2 aromatic carbocycles. The fraction of sp³-hybridized carbons (Fsp3) is 0.235. The number of primary amides is 1. The van der Waals surface area contributed by atoms with Crippen LogP contribution in [0.5, 0.6) is 0 Å². The van der Waals surface area contributed by atoms with Crippen LogP contribution in [0.4, 0.5) is 0 Å². The molecule has 0 aliphatic rings. The molecular weight excluding hydrogens is 284 g/mol. The van der Waals surface area contributed by atoms with Gasteiger partial charge in [-0.25, -0.2) is 0 Å². The van der Waals surface area contributed by atoms with Gasteiger partial charge in [-0.05, 0) is 41.8 Å². The van der Waals surface area contributed by atoms with E-state index < -0.39 is 5.91 Å².